The highest BCUT2D eigenvalue weighted by Crippen LogP contribution is 2.19. The zero-order valence-corrected chi connectivity index (χ0v) is 12.9. The number of benzene rings is 1. The summed E-state index contributed by atoms with van der Waals surface area (Å²) >= 11 is 0. The smallest absolute Gasteiger partial charge is 0.337 e. The minimum atomic E-state index is -3.98. The molecular formula is C16H12N2O4S. The second kappa shape index (κ2) is 6.85. The second-order valence-corrected chi connectivity index (χ2v) is 6.27. The number of sulfone groups is 1. The lowest BCUT2D eigenvalue weighted by Crippen LogP contribution is -2.05. The molecule has 1 aromatic carbocycles. The van der Waals surface area contributed by atoms with Crippen LogP contribution in [0.2, 0.25) is 0 Å². The standard InChI is InChI=1S/C16H12N2O4S/c1-22-16(19)13-7-5-12(6-8-13)10-14(11-17)23(20,21)15-4-2-3-9-18-15/h2-10H,1H3/b14-10+. The Balaban J connectivity index is 2.40. The summed E-state index contributed by atoms with van der Waals surface area (Å²) in [7, 11) is -2.72. The Morgan fingerprint density at radius 3 is 2.43 bits per heavy atom. The van der Waals surface area contributed by atoms with Crippen molar-refractivity contribution >= 4 is 21.9 Å². The van der Waals surface area contributed by atoms with Crippen molar-refractivity contribution in [2.45, 2.75) is 5.03 Å². The zero-order valence-electron chi connectivity index (χ0n) is 12.1. The number of rotatable bonds is 4. The van der Waals surface area contributed by atoms with E-state index in [2.05, 4.69) is 9.72 Å². The molecule has 7 heteroatoms. The number of carbonyl (C=O) groups excluding carboxylic acids is 1. The van der Waals surface area contributed by atoms with Crippen LogP contribution < -0.4 is 0 Å². The average molecular weight is 328 g/mol. The number of aromatic nitrogens is 1. The fourth-order valence-electron chi connectivity index (χ4n) is 1.77. The number of esters is 1. The number of carbonyl (C=O) groups is 1. The third-order valence-corrected chi connectivity index (χ3v) is 4.52. The third-order valence-electron chi connectivity index (χ3n) is 2.94. The topological polar surface area (TPSA) is 97.1 Å². The molecule has 0 fully saturated rings. The van der Waals surface area contributed by atoms with Gasteiger partial charge in [0.05, 0.1) is 12.7 Å². The predicted molar refractivity (Wildman–Crippen MR) is 82.8 cm³/mol. The number of hydrogen-bond donors (Lipinski definition) is 0. The van der Waals surface area contributed by atoms with Gasteiger partial charge in [0.2, 0.25) is 9.84 Å². The van der Waals surface area contributed by atoms with E-state index in [1.165, 1.54) is 55.8 Å². The lowest BCUT2D eigenvalue weighted by Gasteiger charge is -2.03. The number of ether oxygens (including phenoxy) is 1. The molecule has 23 heavy (non-hydrogen) atoms. The molecule has 0 radical (unpaired) electrons. The highest BCUT2D eigenvalue weighted by atomic mass is 32.2. The molecular weight excluding hydrogens is 316 g/mol. The van der Waals surface area contributed by atoms with Crippen molar-refractivity contribution in [1.82, 2.24) is 4.98 Å². The van der Waals surface area contributed by atoms with Gasteiger partial charge in [-0.2, -0.15) is 5.26 Å². The van der Waals surface area contributed by atoms with Crippen molar-refractivity contribution in [2.75, 3.05) is 7.11 Å². The van der Waals surface area contributed by atoms with E-state index in [0.29, 0.717) is 11.1 Å². The van der Waals surface area contributed by atoms with Crippen molar-refractivity contribution in [3.63, 3.8) is 0 Å². The maximum Gasteiger partial charge on any atom is 0.337 e. The van der Waals surface area contributed by atoms with Crippen LogP contribution in [0.1, 0.15) is 15.9 Å². The SMILES string of the molecule is COC(=O)c1ccc(/C=C(\C#N)S(=O)(=O)c2ccccn2)cc1. The first-order valence-electron chi connectivity index (χ1n) is 6.45. The van der Waals surface area contributed by atoms with E-state index in [9.17, 15) is 13.2 Å². The normalized spacial score (nSPS) is 11.6. The predicted octanol–water partition coefficient (Wildman–Crippen LogP) is 2.21. The molecule has 1 heterocycles. The Kier molecular flexibility index (Phi) is 4.88. The Morgan fingerprint density at radius 1 is 1.22 bits per heavy atom. The fraction of sp³-hybridized carbons (Fsp3) is 0.0625. The number of pyridine rings is 1. The van der Waals surface area contributed by atoms with Gasteiger partial charge in [0, 0.05) is 6.20 Å². The lowest BCUT2D eigenvalue weighted by molar-refractivity contribution is 0.0600. The fourth-order valence-corrected chi connectivity index (χ4v) is 2.87. The van der Waals surface area contributed by atoms with Crippen molar-refractivity contribution in [2.24, 2.45) is 0 Å². The van der Waals surface area contributed by atoms with E-state index in [4.69, 9.17) is 5.26 Å². The van der Waals surface area contributed by atoms with Crippen LogP contribution in [0.5, 0.6) is 0 Å². The second-order valence-electron chi connectivity index (χ2n) is 4.41. The molecule has 0 aliphatic heterocycles. The van der Waals surface area contributed by atoms with E-state index in [-0.39, 0.29) is 5.03 Å². The molecule has 2 rings (SSSR count). The van der Waals surface area contributed by atoms with Crippen LogP contribution in [0, 0.1) is 11.3 Å². The van der Waals surface area contributed by atoms with Crippen LogP contribution in [0.15, 0.2) is 58.6 Å². The molecule has 116 valence electrons. The largest absolute Gasteiger partial charge is 0.465 e. The monoisotopic (exact) mass is 328 g/mol. The van der Waals surface area contributed by atoms with Gasteiger partial charge in [-0.25, -0.2) is 18.2 Å². The Labute approximate surface area is 133 Å². The van der Waals surface area contributed by atoms with Crippen molar-refractivity contribution in [3.8, 4) is 6.07 Å². The summed E-state index contributed by atoms with van der Waals surface area (Å²) in [6.45, 7) is 0. The summed E-state index contributed by atoms with van der Waals surface area (Å²) in [5.74, 6) is -0.498. The molecule has 1 aromatic heterocycles. The molecule has 0 aliphatic rings. The first kappa shape index (κ1) is 16.4. The van der Waals surface area contributed by atoms with Gasteiger partial charge in [0.1, 0.15) is 6.07 Å². The average Bonchev–Trinajstić information content (AvgIpc) is 2.60. The maximum atomic E-state index is 12.4. The molecule has 6 nitrogen and oxygen atoms in total. The Morgan fingerprint density at radius 2 is 1.91 bits per heavy atom. The Bertz CT molecular complexity index is 880. The molecule has 0 spiro atoms. The van der Waals surface area contributed by atoms with Crippen LogP contribution in [-0.4, -0.2) is 26.5 Å². The van der Waals surface area contributed by atoms with Gasteiger partial charge in [-0.05, 0) is 35.9 Å². The van der Waals surface area contributed by atoms with Gasteiger partial charge in [-0.3, -0.25) is 0 Å². The molecule has 0 aliphatic carbocycles. The first-order chi connectivity index (χ1) is 11.0. The van der Waals surface area contributed by atoms with E-state index in [1.54, 1.807) is 12.1 Å². The highest BCUT2D eigenvalue weighted by molar-refractivity contribution is 7.95. The molecule has 0 saturated heterocycles. The number of hydrogen-bond acceptors (Lipinski definition) is 6. The van der Waals surface area contributed by atoms with Gasteiger partial charge < -0.3 is 4.74 Å². The summed E-state index contributed by atoms with van der Waals surface area (Å²) in [6, 6.07) is 12.1. The van der Waals surface area contributed by atoms with Gasteiger partial charge in [-0.1, -0.05) is 18.2 Å². The van der Waals surface area contributed by atoms with E-state index in [1.807, 2.05) is 0 Å². The molecule has 0 bridgehead atoms. The number of nitriles is 1. The number of methoxy groups -OCH3 is 1. The molecule has 0 saturated carbocycles. The minimum Gasteiger partial charge on any atom is -0.465 e. The summed E-state index contributed by atoms with van der Waals surface area (Å²) in [6.07, 6.45) is 2.57. The van der Waals surface area contributed by atoms with Crippen molar-refractivity contribution < 1.29 is 17.9 Å². The minimum absolute atomic E-state index is 0.195. The number of nitrogens with zero attached hydrogens (tertiary/aromatic N) is 2. The van der Waals surface area contributed by atoms with Gasteiger partial charge in [0.15, 0.2) is 9.93 Å². The van der Waals surface area contributed by atoms with E-state index in [0.717, 1.165) is 0 Å². The van der Waals surface area contributed by atoms with Gasteiger partial charge in [-0.15, -0.1) is 0 Å². The zero-order chi connectivity index (χ0) is 16.9. The van der Waals surface area contributed by atoms with Crippen LogP contribution >= 0.6 is 0 Å². The van der Waals surface area contributed by atoms with Crippen LogP contribution in [0.3, 0.4) is 0 Å². The first-order valence-corrected chi connectivity index (χ1v) is 7.93. The van der Waals surface area contributed by atoms with Crippen molar-refractivity contribution in [1.29, 1.82) is 5.26 Å². The van der Waals surface area contributed by atoms with Crippen LogP contribution in [0.4, 0.5) is 0 Å². The summed E-state index contributed by atoms with van der Waals surface area (Å²) in [5.41, 5.74) is 0.796. The lowest BCUT2D eigenvalue weighted by atomic mass is 10.1. The van der Waals surface area contributed by atoms with Crippen LogP contribution in [-0.2, 0) is 14.6 Å². The van der Waals surface area contributed by atoms with Crippen LogP contribution in [0.25, 0.3) is 6.08 Å². The molecule has 0 amide bonds. The van der Waals surface area contributed by atoms with E-state index < -0.39 is 20.7 Å². The molecule has 0 atom stereocenters. The summed E-state index contributed by atoms with van der Waals surface area (Å²) in [5, 5.41) is 8.97. The maximum absolute atomic E-state index is 12.4. The molecule has 2 aromatic rings. The van der Waals surface area contributed by atoms with Gasteiger partial charge in [0.25, 0.3) is 0 Å². The summed E-state index contributed by atoms with van der Waals surface area (Å²) < 4.78 is 29.3. The van der Waals surface area contributed by atoms with E-state index >= 15 is 0 Å². The number of allylic oxidation sites excluding steroid dienone is 1. The Hall–Kier alpha value is -2.98. The summed E-state index contributed by atoms with van der Waals surface area (Å²) in [4.78, 5) is 14.7. The third kappa shape index (κ3) is 3.62. The molecule has 0 unspecified atom stereocenters. The highest BCUT2D eigenvalue weighted by Gasteiger charge is 2.21. The van der Waals surface area contributed by atoms with Crippen molar-refractivity contribution in [3.05, 3.63) is 64.7 Å². The molecule has 0 N–H and O–H groups in total. The van der Waals surface area contributed by atoms with Gasteiger partial charge >= 0.3 is 5.97 Å². The quantitative estimate of drug-likeness (QED) is 0.630.